The number of esters is 2. The number of thiocarbonyl (C=S) groups is 3. The van der Waals surface area contributed by atoms with Crippen LogP contribution < -0.4 is 0 Å². The molecule has 0 aromatic carbocycles. The monoisotopic (exact) mass is 1510 g/mol. The molecule has 20 heteroatoms. The van der Waals surface area contributed by atoms with E-state index in [9.17, 15) is 36.6 Å². The molecule has 2 amide bonds. The van der Waals surface area contributed by atoms with Crippen LogP contribution in [0.25, 0.3) is 0 Å². The number of carbonyl (C=O) groups excluding carboxylic acids is 5. The van der Waals surface area contributed by atoms with E-state index < -0.39 is 20.6 Å². The summed E-state index contributed by atoms with van der Waals surface area (Å²) < 4.78 is 44.8. The first-order valence-corrected chi connectivity index (χ1v) is 40.9. The standard InChI is InChI=1S/2C8H17NO.2C8H17NS.C7H16N.2C7H14O2.C7H14O.C7H14S.C6H14O2S.C6H14OS/c4*1-6(2)8(10)9(5)7(3)4;1-6(2)8(5)7(3)4;2*1-5(2)7(8)9-6(3)4;2*1-5(2)7(8)6(3)4;1-5(2)9(7,8)6(3)4;1-5(2)8(7)6(3)4/h4*6-7H,1-5H3;6-7H,5H2,1-4H3;2*5-6H,1-4H3;2*5-6H,1-4H3;5-6H,1-4H3;5-6H,1-4H3/q;;;;+1;;;;;;. The zero-order chi connectivity index (χ0) is 82.7. The summed E-state index contributed by atoms with van der Waals surface area (Å²) in [6.45, 7) is 91.0. The Morgan fingerprint density at radius 2 is 0.556 bits per heavy atom. The van der Waals surface area contributed by atoms with Gasteiger partial charge in [0.25, 0.3) is 0 Å². The summed E-state index contributed by atoms with van der Waals surface area (Å²) in [6, 6.07) is 2.81. The number of hydrogen-bond acceptors (Lipinski definition) is 13. The summed E-state index contributed by atoms with van der Waals surface area (Å²) in [5.74, 6) is 3.30. The van der Waals surface area contributed by atoms with Gasteiger partial charge in [0.1, 0.15) is 24.6 Å². The Morgan fingerprint density at radius 3 is 0.586 bits per heavy atom. The van der Waals surface area contributed by atoms with Gasteiger partial charge in [0.05, 0.1) is 44.5 Å². The molecule has 0 aromatic heterocycles. The van der Waals surface area contributed by atoms with Crippen LogP contribution in [0.5, 0.6) is 0 Å². The lowest BCUT2D eigenvalue weighted by Crippen LogP contribution is -2.35. The van der Waals surface area contributed by atoms with Gasteiger partial charge in [-0.1, -0.05) is 203 Å². The van der Waals surface area contributed by atoms with Crippen LogP contribution in [-0.4, -0.2) is 186 Å². The molecule has 0 fully saturated rings. The van der Waals surface area contributed by atoms with Gasteiger partial charge < -0.3 is 29.1 Å². The first kappa shape index (κ1) is 120. The van der Waals surface area contributed by atoms with E-state index in [0.29, 0.717) is 76.2 Å². The molecule has 0 radical (unpaired) electrons. The van der Waals surface area contributed by atoms with Crippen molar-refractivity contribution in [2.24, 2.45) is 59.2 Å². The third-order valence-electron chi connectivity index (χ3n) is 14.0. The van der Waals surface area contributed by atoms with Crippen LogP contribution in [0.2, 0.25) is 0 Å². The molecule has 0 aliphatic carbocycles. The van der Waals surface area contributed by atoms with E-state index in [0.717, 1.165) is 9.98 Å². The summed E-state index contributed by atoms with van der Waals surface area (Å²) in [4.78, 5) is 65.8. The minimum absolute atomic E-state index is 0.00704. The molecule has 0 atom stereocenters. The molecule has 15 nitrogen and oxygen atoms in total. The van der Waals surface area contributed by atoms with Gasteiger partial charge in [-0.2, -0.15) is 0 Å². The van der Waals surface area contributed by atoms with E-state index in [1.165, 1.54) is 4.86 Å². The van der Waals surface area contributed by atoms with Crippen molar-refractivity contribution >= 4 is 108 Å². The molecular formula is C79H168N5O10S5+. The molecule has 0 bridgehead atoms. The fraction of sp³-hybridized carbons (Fsp3) is 0.886. The van der Waals surface area contributed by atoms with Crippen LogP contribution in [0.3, 0.4) is 0 Å². The second kappa shape index (κ2) is 65.9. The van der Waals surface area contributed by atoms with E-state index in [1.807, 2.05) is 194 Å². The van der Waals surface area contributed by atoms with Gasteiger partial charge in [-0.25, -0.2) is 13.0 Å². The van der Waals surface area contributed by atoms with E-state index in [1.54, 1.807) is 37.5 Å². The van der Waals surface area contributed by atoms with Crippen molar-refractivity contribution in [2.75, 3.05) is 28.2 Å². The quantitative estimate of drug-likeness (QED) is 0.0434. The van der Waals surface area contributed by atoms with Gasteiger partial charge in [-0.3, -0.25) is 28.2 Å². The normalized spacial score (nSPS) is 11.0. The predicted octanol–water partition coefficient (Wildman–Crippen LogP) is 19.6. The fourth-order valence-corrected chi connectivity index (χ4v) is 9.00. The summed E-state index contributed by atoms with van der Waals surface area (Å²) in [6.07, 6.45) is 0.0276. The van der Waals surface area contributed by atoms with Gasteiger partial charge in [-0.15, -0.1) is 0 Å². The van der Waals surface area contributed by atoms with Crippen molar-refractivity contribution < 1.29 is 50.6 Å². The molecule has 99 heavy (non-hydrogen) atoms. The van der Waals surface area contributed by atoms with Gasteiger partial charge in [-0.05, 0) is 155 Å². The number of Topliss-reactive ketones (excluding diaryl/α,β-unsaturated/α-hetero) is 1. The maximum absolute atomic E-state index is 11.2. The van der Waals surface area contributed by atoms with E-state index >= 15 is 0 Å². The molecule has 0 unspecified atom stereocenters. The number of nitrogens with zero attached hydrogens (tertiary/aromatic N) is 5. The first-order valence-electron chi connectivity index (χ1n) is 36.8. The van der Waals surface area contributed by atoms with Crippen LogP contribution in [0.15, 0.2) is 0 Å². The van der Waals surface area contributed by atoms with Gasteiger partial charge in [0.15, 0.2) is 9.84 Å². The zero-order valence-corrected chi connectivity index (χ0v) is 77.9. The van der Waals surface area contributed by atoms with Gasteiger partial charge >= 0.3 is 11.9 Å². The molecule has 0 aromatic rings. The summed E-state index contributed by atoms with van der Waals surface area (Å²) in [7, 11) is 4.34. The number of ether oxygens (including phenoxy) is 2. The maximum atomic E-state index is 11.2. The third-order valence-corrected chi connectivity index (χ3v) is 20.9. The summed E-state index contributed by atoms with van der Waals surface area (Å²) in [5, 5.41) is 0.153. The second-order valence-corrected chi connectivity index (χ2v) is 38.2. The minimum Gasteiger partial charge on any atom is -0.463 e. The molecule has 0 aliphatic heterocycles. The van der Waals surface area contributed by atoms with E-state index in [2.05, 4.69) is 132 Å². The van der Waals surface area contributed by atoms with Crippen molar-refractivity contribution in [3.05, 3.63) is 0 Å². The number of carbonyl (C=O) groups is 5. The van der Waals surface area contributed by atoms with Crippen LogP contribution >= 0.6 is 36.7 Å². The van der Waals surface area contributed by atoms with Gasteiger partial charge in [0, 0.05) is 109 Å². The number of sulfone groups is 1. The highest BCUT2D eigenvalue weighted by molar-refractivity contribution is 7.92. The number of hydrogen-bond donors (Lipinski definition) is 0. The average Bonchev–Trinajstić information content (AvgIpc) is 3.47. The molecule has 0 heterocycles. The molecule has 0 N–H and O–H groups in total. The Morgan fingerprint density at radius 1 is 0.343 bits per heavy atom. The Hall–Kier alpha value is -2.81. The number of ketones is 1. The second-order valence-electron chi connectivity index (χ2n) is 31.3. The minimum atomic E-state index is -2.81. The topological polar surface area (TPSA) is 171 Å². The highest BCUT2D eigenvalue weighted by Crippen LogP contribution is 2.11. The number of rotatable bonds is 22. The average molecular weight is 1510 g/mol. The molecular weight excluding hydrogens is 1340 g/mol. The Labute approximate surface area is 636 Å². The van der Waals surface area contributed by atoms with Crippen LogP contribution in [0.4, 0.5) is 0 Å². The van der Waals surface area contributed by atoms with E-state index in [-0.39, 0.29) is 82.0 Å². The highest BCUT2D eigenvalue weighted by atomic mass is 32.2. The lowest BCUT2D eigenvalue weighted by Gasteiger charge is -2.26. The summed E-state index contributed by atoms with van der Waals surface area (Å²) in [5.41, 5.74) is 0. The molecule has 0 rings (SSSR count). The Bertz CT molecular complexity index is 1950. The molecule has 0 spiro atoms. The highest BCUT2D eigenvalue weighted by Gasteiger charge is 2.21. The number of amides is 2. The Balaban J connectivity index is -0.0000000957. The Kier molecular flexibility index (Phi) is 80.0. The fourth-order valence-electron chi connectivity index (χ4n) is 6.40. The third kappa shape index (κ3) is 74.7. The van der Waals surface area contributed by atoms with Gasteiger partial charge in [0.2, 0.25) is 11.8 Å². The smallest absolute Gasteiger partial charge is 0.308 e. The maximum Gasteiger partial charge on any atom is 0.308 e. The van der Waals surface area contributed by atoms with Crippen molar-refractivity contribution in [1.82, 2.24) is 19.6 Å². The lowest BCUT2D eigenvalue weighted by atomic mass is 9.99. The van der Waals surface area contributed by atoms with E-state index in [4.69, 9.17) is 46.1 Å². The molecule has 0 saturated heterocycles. The predicted molar refractivity (Wildman–Crippen MR) is 451 cm³/mol. The summed E-state index contributed by atoms with van der Waals surface area (Å²) >= 11 is 15.5. The lowest BCUT2D eigenvalue weighted by molar-refractivity contribution is -0.579. The van der Waals surface area contributed by atoms with Crippen LogP contribution in [0, 0.1) is 59.2 Å². The molecule has 0 aliphatic rings. The first-order chi connectivity index (χ1) is 44.0. The SMILES string of the molecule is C=[N+](C(C)C)C(C)C.CC(C)C(=O)C(C)C.CC(C)C(=O)N(C)C(C)C.CC(C)C(=O)N(C)C(C)C.CC(C)C(=S)C(C)C.CC(C)C(=S)N(C)C(C)C.CC(C)C(=S)N(C)C(C)C.CC(C)OC(=O)C(C)C.CC(C)OC(=O)C(C)C.CC(C)S(=O)(=O)C(C)C.CC(C)S(=O)C(C)C. The van der Waals surface area contributed by atoms with Crippen LogP contribution in [-0.2, 0) is 54.1 Å². The van der Waals surface area contributed by atoms with Crippen molar-refractivity contribution in [3.8, 4) is 0 Å². The largest absolute Gasteiger partial charge is 0.463 e. The zero-order valence-electron chi connectivity index (χ0n) is 73.8. The van der Waals surface area contributed by atoms with Crippen molar-refractivity contribution in [2.45, 2.75) is 374 Å². The molecule has 598 valence electrons. The van der Waals surface area contributed by atoms with Crippen molar-refractivity contribution in [1.29, 1.82) is 0 Å². The van der Waals surface area contributed by atoms with Crippen molar-refractivity contribution in [3.63, 3.8) is 0 Å². The van der Waals surface area contributed by atoms with Crippen LogP contribution in [0.1, 0.15) is 305 Å². The molecule has 0 saturated carbocycles.